The van der Waals surface area contributed by atoms with Crippen LogP contribution in [0, 0.1) is 0 Å². The van der Waals surface area contributed by atoms with Crippen molar-refractivity contribution in [1.29, 1.82) is 0 Å². The van der Waals surface area contributed by atoms with Gasteiger partial charge in [-0.15, -0.1) is 29.9 Å². The number of likely N-dealkylation sites (N-methyl/N-ethyl adjacent to an activating group) is 1. The van der Waals surface area contributed by atoms with Crippen LogP contribution in [0.2, 0.25) is 0 Å². The summed E-state index contributed by atoms with van der Waals surface area (Å²) in [5, 5.41) is 19.2. The summed E-state index contributed by atoms with van der Waals surface area (Å²) >= 11 is 0. The molecule has 0 aliphatic heterocycles. The molecular formula is C6H14Cl2N4O. The zero-order valence-electron chi connectivity index (χ0n) is 7.30. The molecule has 0 spiro atoms. The Morgan fingerprint density at radius 2 is 2.23 bits per heavy atom. The second kappa shape index (κ2) is 8.25. The van der Waals surface area contributed by atoms with Crippen LogP contribution in [-0.2, 0) is 13.2 Å². The lowest BCUT2D eigenvalue weighted by Gasteiger charge is -1.96. The van der Waals surface area contributed by atoms with Crippen LogP contribution < -0.4 is 5.32 Å². The van der Waals surface area contributed by atoms with Gasteiger partial charge < -0.3 is 10.4 Å². The zero-order valence-corrected chi connectivity index (χ0v) is 8.94. The number of aliphatic hydroxyl groups is 1. The van der Waals surface area contributed by atoms with Crippen LogP contribution in [0.4, 0.5) is 0 Å². The van der Waals surface area contributed by atoms with Gasteiger partial charge in [0.2, 0.25) is 0 Å². The molecule has 0 amide bonds. The molecule has 0 bridgehead atoms. The van der Waals surface area contributed by atoms with Gasteiger partial charge in [-0.2, -0.15) is 0 Å². The lowest BCUT2D eigenvalue weighted by molar-refractivity contribution is 0.276. The van der Waals surface area contributed by atoms with Gasteiger partial charge in [-0.3, -0.25) is 4.68 Å². The number of nitrogens with one attached hydrogen (secondary N) is 1. The molecule has 1 aromatic heterocycles. The third-order valence-electron chi connectivity index (χ3n) is 1.34. The maximum absolute atomic E-state index is 8.64. The van der Waals surface area contributed by atoms with Gasteiger partial charge >= 0.3 is 0 Å². The van der Waals surface area contributed by atoms with E-state index < -0.39 is 0 Å². The summed E-state index contributed by atoms with van der Waals surface area (Å²) in [5.74, 6) is 0. The van der Waals surface area contributed by atoms with Crippen molar-refractivity contribution in [1.82, 2.24) is 20.3 Å². The summed E-state index contributed by atoms with van der Waals surface area (Å²) in [6.07, 6.45) is 1.73. The van der Waals surface area contributed by atoms with E-state index in [1.54, 1.807) is 10.9 Å². The highest BCUT2D eigenvalue weighted by Crippen LogP contribution is 1.90. The van der Waals surface area contributed by atoms with E-state index >= 15 is 0 Å². The van der Waals surface area contributed by atoms with Crippen LogP contribution in [0.25, 0.3) is 0 Å². The largest absolute Gasteiger partial charge is 0.390 e. The highest BCUT2D eigenvalue weighted by atomic mass is 35.5. The molecule has 1 aromatic rings. The number of halogens is 2. The third kappa shape index (κ3) is 5.05. The number of hydrogen-bond acceptors (Lipinski definition) is 4. The van der Waals surface area contributed by atoms with Crippen LogP contribution in [0.1, 0.15) is 5.69 Å². The summed E-state index contributed by atoms with van der Waals surface area (Å²) in [5.41, 5.74) is 0.612. The molecule has 0 radical (unpaired) electrons. The average Bonchev–Trinajstić information content (AvgIpc) is 2.48. The van der Waals surface area contributed by atoms with Crippen molar-refractivity contribution in [2.75, 3.05) is 13.6 Å². The molecule has 78 valence electrons. The summed E-state index contributed by atoms with van der Waals surface area (Å²) in [4.78, 5) is 0. The lowest BCUT2D eigenvalue weighted by Crippen LogP contribution is -2.15. The van der Waals surface area contributed by atoms with E-state index in [0.29, 0.717) is 5.69 Å². The van der Waals surface area contributed by atoms with Crippen molar-refractivity contribution in [3.63, 3.8) is 0 Å². The third-order valence-corrected chi connectivity index (χ3v) is 1.34. The fourth-order valence-electron chi connectivity index (χ4n) is 0.747. The van der Waals surface area contributed by atoms with Crippen LogP contribution in [0.15, 0.2) is 6.20 Å². The molecule has 0 saturated carbocycles. The maximum Gasteiger partial charge on any atom is 0.108 e. The highest BCUT2D eigenvalue weighted by molar-refractivity contribution is 5.85. The summed E-state index contributed by atoms with van der Waals surface area (Å²) in [7, 11) is 1.88. The molecule has 2 N–H and O–H groups in total. The SMILES string of the molecule is CNCCn1cc(CO)nn1.Cl.Cl. The van der Waals surface area contributed by atoms with E-state index in [-0.39, 0.29) is 31.4 Å². The normalized spacial score (nSPS) is 8.77. The Hall–Kier alpha value is -0.360. The molecule has 1 heterocycles. The molecule has 5 nitrogen and oxygen atoms in total. The van der Waals surface area contributed by atoms with Crippen molar-refractivity contribution < 1.29 is 5.11 Å². The van der Waals surface area contributed by atoms with Gasteiger partial charge in [0.05, 0.1) is 19.3 Å². The van der Waals surface area contributed by atoms with Crippen LogP contribution >= 0.6 is 24.8 Å². The van der Waals surface area contributed by atoms with Crippen LogP contribution in [0.5, 0.6) is 0 Å². The first kappa shape index (κ1) is 15.1. The first-order valence-electron chi connectivity index (χ1n) is 3.51. The highest BCUT2D eigenvalue weighted by Gasteiger charge is 1.96. The lowest BCUT2D eigenvalue weighted by atomic mass is 10.5. The van der Waals surface area contributed by atoms with Gasteiger partial charge in [0.25, 0.3) is 0 Å². The van der Waals surface area contributed by atoms with E-state index in [2.05, 4.69) is 15.6 Å². The molecule has 0 unspecified atom stereocenters. The Morgan fingerprint density at radius 1 is 1.54 bits per heavy atom. The predicted molar refractivity (Wildman–Crippen MR) is 54.4 cm³/mol. The van der Waals surface area contributed by atoms with E-state index in [1.165, 1.54) is 0 Å². The van der Waals surface area contributed by atoms with Crippen molar-refractivity contribution >= 4 is 24.8 Å². The monoisotopic (exact) mass is 228 g/mol. The number of aromatic nitrogens is 3. The predicted octanol–water partition coefficient (Wildman–Crippen LogP) is -0.167. The molecule has 0 aromatic carbocycles. The van der Waals surface area contributed by atoms with Gasteiger partial charge in [-0.05, 0) is 7.05 Å². The molecule has 0 aliphatic carbocycles. The summed E-state index contributed by atoms with van der Waals surface area (Å²) in [6.45, 7) is 1.59. The van der Waals surface area contributed by atoms with Crippen molar-refractivity contribution in [2.24, 2.45) is 0 Å². The van der Waals surface area contributed by atoms with Crippen LogP contribution in [-0.4, -0.2) is 33.7 Å². The second-order valence-corrected chi connectivity index (χ2v) is 2.23. The quantitative estimate of drug-likeness (QED) is 0.752. The smallest absolute Gasteiger partial charge is 0.108 e. The maximum atomic E-state index is 8.64. The standard InChI is InChI=1S/C6H12N4O.2ClH/c1-7-2-3-10-4-6(5-11)8-9-10;;/h4,7,11H,2-3,5H2,1H3;2*1H. The topological polar surface area (TPSA) is 63.0 Å². The molecule has 1 rings (SSSR count). The van der Waals surface area contributed by atoms with Gasteiger partial charge in [-0.1, -0.05) is 5.21 Å². The van der Waals surface area contributed by atoms with Gasteiger partial charge in [0, 0.05) is 6.54 Å². The number of nitrogens with zero attached hydrogens (tertiary/aromatic N) is 3. The molecule has 0 fully saturated rings. The molecule has 7 heteroatoms. The molecule has 0 saturated heterocycles. The number of rotatable bonds is 4. The van der Waals surface area contributed by atoms with Gasteiger partial charge in [0.1, 0.15) is 5.69 Å². The number of hydrogen-bond donors (Lipinski definition) is 2. The minimum absolute atomic E-state index is 0. The Balaban J connectivity index is 0. The average molecular weight is 229 g/mol. The van der Waals surface area contributed by atoms with Crippen molar-refractivity contribution in [2.45, 2.75) is 13.2 Å². The molecule has 0 aliphatic rings. The van der Waals surface area contributed by atoms with E-state index in [9.17, 15) is 0 Å². The minimum Gasteiger partial charge on any atom is -0.390 e. The number of aliphatic hydroxyl groups excluding tert-OH is 1. The van der Waals surface area contributed by atoms with Gasteiger partial charge in [-0.25, -0.2) is 0 Å². The Bertz CT molecular complexity index is 218. The second-order valence-electron chi connectivity index (χ2n) is 2.23. The van der Waals surface area contributed by atoms with Crippen molar-refractivity contribution in [3.05, 3.63) is 11.9 Å². The van der Waals surface area contributed by atoms with Crippen molar-refractivity contribution in [3.8, 4) is 0 Å². The molecule has 0 atom stereocenters. The van der Waals surface area contributed by atoms with Gasteiger partial charge in [0.15, 0.2) is 0 Å². The van der Waals surface area contributed by atoms with E-state index in [1.807, 2.05) is 7.05 Å². The first-order valence-corrected chi connectivity index (χ1v) is 3.51. The molecule has 13 heavy (non-hydrogen) atoms. The zero-order chi connectivity index (χ0) is 8.10. The fraction of sp³-hybridized carbons (Fsp3) is 0.667. The summed E-state index contributed by atoms with van der Waals surface area (Å²) in [6, 6.07) is 0. The summed E-state index contributed by atoms with van der Waals surface area (Å²) < 4.78 is 1.70. The Morgan fingerprint density at radius 3 is 2.69 bits per heavy atom. The fourth-order valence-corrected chi connectivity index (χ4v) is 0.747. The van der Waals surface area contributed by atoms with E-state index in [0.717, 1.165) is 13.1 Å². The van der Waals surface area contributed by atoms with E-state index in [4.69, 9.17) is 5.11 Å². The Kier molecular flexibility index (Phi) is 9.60. The minimum atomic E-state index is -0.0421. The Labute approximate surface area is 89.3 Å². The molecular weight excluding hydrogens is 215 g/mol. The van der Waals surface area contributed by atoms with Crippen LogP contribution in [0.3, 0.4) is 0 Å². The first-order chi connectivity index (χ1) is 5.36.